The molecule has 5 heteroatoms. The van der Waals surface area contributed by atoms with Crippen LogP contribution in [-0.4, -0.2) is 11.4 Å². The number of carbonyl (C=O) groups is 1. The van der Waals surface area contributed by atoms with E-state index < -0.39 is 5.54 Å². The SMILES string of the molecule is CC1CCCC2(C1)Nc1cc(Cl)c(Cl)cc1NC2=O. The van der Waals surface area contributed by atoms with E-state index in [1.54, 1.807) is 12.1 Å². The number of anilines is 2. The van der Waals surface area contributed by atoms with Crippen molar-refractivity contribution >= 4 is 40.5 Å². The molecule has 0 aromatic heterocycles. The van der Waals surface area contributed by atoms with Gasteiger partial charge in [0.25, 0.3) is 0 Å². The Morgan fingerprint density at radius 3 is 2.63 bits per heavy atom. The summed E-state index contributed by atoms with van der Waals surface area (Å²) in [6.07, 6.45) is 3.98. The first-order valence-electron chi connectivity index (χ1n) is 6.59. The largest absolute Gasteiger partial charge is 0.369 e. The molecule has 1 saturated carbocycles. The summed E-state index contributed by atoms with van der Waals surface area (Å²) in [6.45, 7) is 2.19. The maximum absolute atomic E-state index is 12.4. The van der Waals surface area contributed by atoms with E-state index in [1.165, 1.54) is 6.42 Å². The lowest BCUT2D eigenvalue weighted by atomic mass is 9.74. The van der Waals surface area contributed by atoms with Crippen LogP contribution in [0.1, 0.15) is 32.6 Å². The molecule has 1 aliphatic carbocycles. The van der Waals surface area contributed by atoms with Gasteiger partial charge in [-0.3, -0.25) is 4.79 Å². The zero-order chi connectivity index (χ0) is 13.6. The van der Waals surface area contributed by atoms with Gasteiger partial charge in [0.05, 0.1) is 21.4 Å². The monoisotopic (exact) mass is 298 g/mol. The van der Waals surface area contributed by atoms with Crippen molar-refractivity contribution in [2.75, 3.05) is 10.6 Å². The van der Waals surface area contributed by atoms with Gasteiger partial charge in [0.1, 0.15) is 5.54 Å². The molecule has 1 aromatic rings. The number of hydrogen-bond donors (Lipinski definition) is 2. The summed E-state index contributed by atoms with van der Waals surface area (Å²) >= 11 is 12.0. The van der Waals surface area contributed by atoms with Gasteiger partial charge >= 0.3 is 0 Å². The minimum atomic E-state index is -0.484. The smallest absolute Gasteiger partial charge is 0.250 e. The van der Waals surface area contributed by atoms with E-state index >= 15 is 0 Å². The standard InChI is InChI=1S/C14H16Cl2N2O/c1-8-3-2-4-14(7-8)13(19)17-11-5-9(15)10(16)6-12(11)18-14/h5-6,8,18H,2-4,7H2,1H3,(H,17,19). The third-order valence-corrected chi connectivity index (χ3v) is 4.84. The van der Waals surface area contributed by atoms with Gasteiger partial charge in [-0.2, -0.15) is 0 Å². The molecule has 3 rings (SSSR count). The summed E-state index contributed by atoms with van der Waals surface area (Å²) in [6, 6.07) is 3.49. The molecule has 0 radical (unpaired) electrons. The van der Waals surface area contributed by atoms with Gasteiger partial charge in [-0.15, -0.1) is 0 Å². The molecule has 1 fully saturated rings. The van der Waals surface area contributed by atoms with Gasteiger partial charge in [0.15, 0.2) is 0 Å². The van der Waals surface area contributed by atoms with Gasteiger partial charge in [-0.05, 0) is 30.9 Å². The van der Waals surface area contributed by atoms with Crippen molar-refractivity contribution in [2.45, 2.75) is 38.1 Å². The fourth-order valence-corrected chi connectivity index (χ4v) is 3.51. The summed E-state index contributed by atoms with van der Waals surface area (Å²) in [7, 11) is 0. The molecule has 0 saturated heterocycles. The highest BCUT2D eigenvalue weighted by Gasteiger charge is 2.44. The molecule has 1 amide bonds. The molecule has 1 heterocycles. The average Bonchev–Trinajstić information content (AvgIpc) is 2.34. The Hall–Kier alpha value is -0.930. The van der Waals surface area contributed by atoms with E-state index in [9.17, 15) is 4.79 Å². The minimum Gasteiger partial charge on any atom is -0.369 e. The number of fused-ring (bicyclic) bond motifs is 1. The fourth-order valence-electron chi connectivity index (χ4n) is 3.18. The molecular formula is C14H16Cl2N2O. The van der Waals surface area contributed by atoms with E-state index in [0.29, 0.717) is 21.7 Å². The topological polar surface area (TPSA) is 41.1 Å². The zero-order valence-electron chi connectivity index (χ0n) is 10.7. The number of nitrogens with one attached hydrogen (secondary N) is 2. The molecule has 1 spiro atoms. The van der Waals surface area contributed by atoms with Gasteiger partial charge in [0, 0.05) is 0 Å². The Labute approximate surface area is 122 Å². The highest BCUT2D eigenvalue weighted by atomic mass is 35.5. The van der Waals surface area contributed by atoms with E-state index in [0.717, 1.165) is 24.9 Å². The molecule has 0 bridgehead atoms. The number of amides is 1. The maximum Gasteiger partial charge on any atom is 0.250 e. The average molecular weight is 299 g/mol. The van der Waals surface area contributed by atoms with Crippen LogP contribution in [0.4, 0.5) is 11.4 Å². The molecular weight excluding hydrogens is 283 g/mol. The predicted molar refractivity (Wildman–Crippen MR) is 79.1 cm³/mol. The highest BCUT2D eigenvalue weighted by molar-refractivity contribution is 6.42. The van der Waals surface area contributed by atoms with Crippen LogP contribution in [0.3, 0.4) is 0 Å². The minimum absolute atomic E-state index is 0.0462. The number of benzene rings is 1. The Morgan fingerprint density at radius 2 is 1.95 bits per heavy atom. The molecule has 1 aromatic carbocycles. The number of carbonyl (C=O) groups excluding carboxylic acids is 1. The molecule has 102 valence electrons. The summed E-state index contributed by atoms with van der Waals surface area (Å²) in [5.74, 6) is 0.598. The van der Waals surface area contributed by atoms with Gasteiger partial charge in [-0.25, -0.2) is 0 Å². The second kappa shape index (κ2) is 4.57. The Kier molecular flexibility index (Phi) is 3.14. The Bertz CT molecular complexity index is 546. The Morgan fingerprint density at radius 1 is 1.26 bits per heavy atom. The lowest BCUT2D eigenvalue weighted by Gasteiger charge is -2.43. The predicted octanol–water partition coefficient (Wildman–Crippen LogP) is 4.31. The molecule has 2 aliphatic rings. The number of halogens is 2. The lowest BCUT2D eigenvalue weighted by Crippen LogP contribution is -2.54. The number of hydrogen-bond acceptors (Lipinski definition) is 2. The van der Waals surface area contributed by atoms with Crippen LogP contribution < -0.4 is 10.6 Å². The van der Waals surface area contributed by atoms with Crippen LogP contribution >= 0.6 is 23.2 Å². The van der Waals surface area contributed by atoms with Crippen molar-refractivity contribution < 1.29 is 4.79 Å². The van der Waals surface area contributed by atoms with Crippen molar-refractivity contribution in [1.29, 1.82) is 0 Å². The summed E-state index contributed by atoms with van der Waals surface area (Å²) in [4.78, 5) is 12.4. The summed E-state index contributed by atoms with van der Waals surface area (Å²) in [5, 5.41) is 7.33. The third-order valence-electron chi connectivity index (χ3n) is 4.11. The third kappa shape index (κ3) is 2.19. The van der Waals surface area contributed by atoms with Crippen molar-refractivity contribution in [3.8, 4) is 0 Å². The maximum atomic E-state index is 12.4. The van der Waals surface area contributed by atoms with Gasteiger partial charge < -0.3 is 10.6 Å². The lowest BCUT2D eigenvalue weighted by molar-refractivity contribution is -0.122. The van der Waals surface area contributed by atoms with Crippen LogP contribution in [0.15, 0.2) is 12.1 Å². The molecule has 2 atom stereocenters. The summed E-state index contributed by atoms with van der Waals surface area (Å²) < 4.78 is 0. The van der Waals surface area contributed by atoms with Crippen LogP contribution in [0, 0.1) is 5.92 Å². The van der Waals surface area contributed by atoms with Crippen LogP contribution in [0.5, 0.6) is 0 Å². The molecule has 19 heavy (non-hydrogen) atoms. The van der Waals surface area contributed by atoms with Gasteiger partial charge in [0.2, 0.25) is 5.91 Å². The zero-order valence-corrected chi connectivity index (χ0v) is 12.2. The molecule has 2 unspecified atom stereocenters. The molecule has 1 aliphatic heterocycles. The summed E-state index contributed by atoms with van der Waals surface area (Å²) in [5.41, 5.74) is 1.09. The second-order valence-corrected chi connectivity index (χ2v) is 6.49. The van der Waals surface area contributed by atoms with E-state index in [4.69, 9.17) is 23.2 Å². The van der Waals surface area contributed by atoms with Crippen LogP contribution in [0.25, 0.3) is 0 Å². The van der Waals surface area contributed by atoms with Crippen molar-refractivity contribution in [3.63, 3.8) is 0 Å². The Balaban J connectivity index is 1.99. The van der Waals surface area contributed by atoms with Crippen molar-refractivity contribution in [2.24, 2.45) is 5.92 Å². The highest BCUT2D eigenvalue weighted by Crippen LogP contribution is 2.43. The van der Waals surface area contributed by atoms with Crippen LogP contribution in [0.2, 0.25) is 10.0 Å². The van der Waals surface area contributed by atoms with Crippen molar-refractivity contribution in [3.05, 3.63) is 22.2 Å². The number of rotatable bonds is 0. The normalized spacial score (nSPS) is 29.6. The quantitative estimate of drug-likeness (QED) is 0.749. The first kappa shape index (κ1) is 13.1. The van der Waals surface area contributed by atoms with Crippen molar-refractivity contribution in [1.82, 2.24) is 0 Å². The van der Waals surface area contributed by atoms with Crippen LogP contribution in [-0.2, 0) is 4.79 Å². The second-order valence-electron chi connectivity index (χ2n) is 5.67. The molecule has 3 nitrogen and oxygen atoms in total. The van der Waals surface area contributed by atoms with Gasteiger partial charge in [-0.1, -0.05) is 43.0 Å². The van der Waals surface area contributed by atoms with E-state index in [1.807, 2.05) is 0 Å². The first-order valence-corrected chi connectivity index (χ1v) is 7.34. The fraction of sp³-hybridized carbons (Fsp3) is 0.500. The van der Waals surface area contributed by atoms with E-state index in [-0.39, 0.29) is 5.91 Å². The first-order chi connectivity index (χ1) is 9.00. The van der Waals surface area contributed by atoms with E-state index in [2.05, 4.69) is 17.6 Å². The molecule has 2 N–H and O–H groups in total.